The van der Waals surface area contributed by atoms with Crippen LogP contribution < -0.4 is 5.73 Å². The fraction of sp³-hybridized carbons (Fsp3) is 0.188. The number of benzene rings is 3. The van der Waals surface area contributed by atoms with Gasteiger partial charge in [-0.05, 0) is 81.3 Å². The van der Waals surface area contributed by atoms with Crippen LogP contribution in [0.15, 0.2) is 72.9 Å². The van der Waals surface area contributed by atoms with E-state index in [1.54, 1.807) is 36.5 Å². The second-order valence-corrected chi connectivity index (χ2v) is 12.1. The van der Waals surface area contributed by atoms with Crippen LogP contribution >= 0.6 is 22.9 Å². The molecule has 0 spiro atoms. The minimum absolute atomic E-state index is 0.399. The number of fused-ring (bicyclic) bond motifs is 1. The molecule has 41 heavy (non-hydrogen) atoms. The summed E-state index contributed by atoms with van der Waals surface area (Å²) < 4.78 is 6.94. The van der Waals surface area contributed by atoms with E-state index >= 15 is 0 Å². The molecule has 0 aliphatic rings. The van der Waals surface area contributed by atoms with Crippen LogP contribution in [-0.2, 0) is 9.53 Å². The minimum atomic E-state index is -1.19. The molecule has 0 saturated heterocycles. The summed E-state index contributed by atoms with van der Waals surface area (Å²) in [6, 6.07) is 20.0. The number of amides is 1. The number of pyridine rings is 1. The summed E-state index contributed by atoms with van der Waals surface area (Å²) in [6.45, 7) is 7.39. The second-order valence-electron chi connectivity index (χ2n) is 10.7. The van der Waals surface area contributed by atoms with E-state index < -0.39 is 23.6 Å². The predicted molar refractivity (Wildman–Crippen MR) is 163 cm³/mol. The maximum absolute atomic E-state index is 12.6. The van der Waals surface area contributed by atoms with Crippen LogP contribution in [0.1, 0.15) is 48.4 Å². The number of carbonyl (C=O) groups excluding carboxylic acids is 1. The SMILES string of the molecule is Cc1cc2nc(-c3ccnc(-c4cccc(C(N)=O)c4)c3)sc2c(-c2ccc(Cl)cc2)c1C(OC(C)(C)C)C(=O)O. The number of primary amides is 1. The molecule has 208 valence electrons. The fourth-order valence-corrected chi connectivity index (χ4v) is 5.96. The Morgan fingerprint density at radius 3 is 2.39 bits per heavy atom. The van der Waals surface area contributed by atoms with Gasteiger partial charge in [-0.3, -0.25) is 9.78 Å². The third-order valence-electron chi connectivity index (χ3n) is 6.47. The van der Waals surface area contributed by atoms with Crippen molar-refractivity contribution in [1.82, 2.24) is 9.97 Å². The van der Waals surface area contributed by atoms with Gasteiger partial charge in [0, 0.05) is 39.0 Å². The van der Waals surface area contributed by atoms with Crippen LogP contribution in [-0.4, -0.2) is 32.6 Å². The van der Waals surface area contributed by atoms with Crippen molar-refractivity contribution in [3.8, 4) is 33.0 Å². The average Bonchev–Trinajstić information content (AvgIpc) is 3.35. The lowest BCUT2D eigenvalue weighted by molar-refractivity contribution is -0.160. The van der Waals surface area contributed by atoms with Crippen molar-refractivity contribution in [2.45, 2.75) is 39.4 Å². The van der Waals surface area contributed by atoms with Gasteiger partial charge in [0.15, 0.2) is 6.10 Å². The van der Waals surface area contributed by atoms with E-state index in [2.05, 4.69) is 4.98 Å². The summed E-state index contributed by atoms with van der Waals surface area (Å²) in [7, 11) is 0. The molecule has 5 rings (SSSR count). The van der Waals surface area contributed by atoms with Crippen molar-refractivity contribution in [3.05, 3.63) is 94.6 Å². The lowest BCUT2D eigenvalue weighted by atomic mass is 9.91. The van der Waals surface area contributed by atoms with E-state index in [4.69, 9.17) is 27.1 Å². The van der Waals surface area contributed by atoms with Gasteiger partial charge >= 0.3 is 5.97 Å². The molecule has 1 amide bonds. The molecule has 9 heteroatoms. The maximum atomic E-state index is 12.6. The molecular weight excluding hydrogens is 558 g/mol. The molecule has 0 saturated carbocycles. The second kappa shape index (κ2) is 11.0. The van der Waals surface area contributed by atoms with Crippen molar-refractivity contribution >= 4 is 45.0 Å². The summed E-state index contributed by atoms with van der Waals surface area (Å²) in [5.74, 6) is -1.58. The van der Waals surface area contributed by atoms with Gasteiger partial charge in [-0.25, -0.2) is 9.78 Å². The first-order valence-electron chi connectivity index (χ1n) is 12.9. The summed E-state index contributed by atoms with van der Waals surface area (Å²) >= 11 is 7.67. The first kappa shape index (κ1) is 28.4. The molecule has 0 fully saturated rings. The third kappa shape index (κ3) is 6.00. The van der Waals surface area contributed by atoms with Gasteiger partial charge in [-0.2, -0.15) is 0 Å². The number of nitrogens with zero attached hydrogens (tertiary/aromatic N) is 2. The van der Waals surface area contributed by atoms with Crippen molar-refractivity contribution in [2.24, 2.45) is 5.73 Å². The molecule has 0 radical (unpaired) electrons. The number of carboxylic acids is 1. The predicted octanol–water partition coefficient (Wildman–Crippen LogP) is 7.69. The molecular formula is C32H28ClN3O4S. The average molecular weight is 586 g/mol. The number of aryl methyl sites for hydroxylation is 1. The van der Waals surface area contributed by atoms with E-state index in [0.717, 1.165) is 43.0 Å². The van der Waals surface area contributed by atoms with Gasteiger partial charge in [0.05, 0.1) is 21.5 Å². The topological polar surface area (TPSA) is 115 Å². The summed E-state index contributed by atoms with van der Waals surface area (Å²) in [5, 5.41) is 11.6. The van der Waals surface area contributed by atoms with Gasteiger partial charge in [0.25, 0.3) is 0 Å². The van der Waals surface area contributed by atoms with Crippen LogP contribution in [0.2, 0.25) is 5.02 Å². The highest BCUT2D eigenvalue weighted by atomic mass is 35.5. The maximum Gasteiger partial charge on any atom is 0.337 e. The summed E-state index contributed by atoms with van der Waals surface area (Å²) in [6.07, 6.45) is 0.503. The van der Waals surface area contributed by atoms with E-state index in [1.165, 1.54) is 11.3 Å². The van der Waals surface area contributed by atoms with Crippen molar-refractivity contribution < 1.29 is 19.4 Å². The van der Waals surface area contributed by atoms with E-state index in [1.807, 2.05) is 64.1 Å². The Labute approximate surface area is 246 Å². The van der Waals surface area contributed by atoms with Crippen LogP contribution in [0.3, 0.4) is 0 Å². The summed E-state index contributed by atoms with van der Waals surface area (Å²) in [5.41, 5.74) is 11.1. The first-order valence-corrected chi connectivity index (χ1v) is 14.1. The highest BCUT2D eigenvalue weighted by Crippen LogP contribution is 2.44. The molecule has 3 aromatic carbocycles. The number of hydrogen-bond donors (Lipinski definition) is 2. The molecule has 0 bridgehead atoms. The highest BCUT2D eigenvalue weighted by molar-refractivity contribution is 7.22. The number of carboxylic acid groups (broad SMARTS) is 1. The molecule has 0 aliphatic heterocycles. The lowest BCUT2D eigenvalue weighted by Gasteiger charge is -2.28. The largest absolute Gasteiger partial charge is 0.479 e. The number of aromatic nitrogens is 2. The Balaban J connectivity index is 1.71. The molecule has 1 unspecified atom stereocenters. The number of nitrogens with two attached hydrogens (primary N) is 1. The first-order chi connectivity index (χ1) is 19.4. The zero-order valence-electron chi connectivity index (χ0n) is 22.9. The van der Waals surface area contributed by atoms with Crippen LogP contribution in [0.4, 0.5) is 0 Å². The number of rotatable bonds is 7. The van der Waals surface area contributed by atoms with Crippen LogP contribution in [0.25, 0.3) is 43.2 Å². The number of hydrogen-bond acceptors (Lipinski definition) is 6. The Morgan fingerprint density at radius 2 is 1.73 bits per heavy atom. The number of thiazole rings is 1. The number of halogens is 1. The van der Waals surface area contributed by atoms with Crippen LogP contribution in [0.5, 0.6) is 0 Å². The standard InChI is InChI=1S/C32H28ClN3O4S/c1-17-14-24-28(26(18-8-10-22(33)11-9-18)25(17)27(31(38)39)40-32(2,3)4)41-30(36-24)21-12-13-35-23(16-21)19-6-5-7-20(15-19)29(34)37/h5-16,27H,1-4H3,(H2,34,37)(H,38,39). The monoisotopic (exact) mass is 585 g/mol. The number of carbonyl (C=O) groups is 2. The molecule has 0 aliphatic carbocycles. The van der Waals surface area contributed by atoms with E-state index in [-0.39, 0.29) is 0 Å². The smallest absolute Gasteiger partial charge is 0.337 e. The van der Waals surface area contributed by atoms with Gasteiger partial charge in [0.1, 0.15) is 5.01 Å². The number of aliphatic carboxylic acids is 1. The van der Waals surface area contributed by atoms with Crippen molar-refractivity contribution in [3.63, 3.8) is 0 Å². The molecule has 3 N–H and O–H groups in total. The lowest BCUT2D eigenvalue weighted by Crippen LogP contribution is -2.28. The zero-order valence-corrected chi connectivity index (χ0v) is 24.5. The molecule has 5 aromatic rings. The van der Waals surface area contributed by atoms with Crippen molar-refractivity contribution in [1.29, 1.82) is 0 Å². The molecule has 1 atom stereocenters. The van der Waals surface area contributed by atoms with Crippen molar-refractivity contribution in [2.75, 3.05) is 0 Å². The van der Waals surface area contributed by atoms with Gasteiger partial charge in [-0.1, -0.05) is 35.9 Å². The number of ether oxygens (including phenoxy) is 1. The van der Waals surface area contributed by atoms with Crippen LogP contribution in [0, 0.1) is 6.92 Å². The fourth-order valence-electron chi connectivity index (χ4n) is 4.72. The van der Waals surface area contributed by atoms with Gasteiger partial charge in [-0.15, -0.1) is 11.3 Å². The Bertz CT molecular complexity index is 1790. The third-order valence-corrected chi connectivity index (χ3v) is 7.86. The molecule has 2 aromatic heterocycles. The quantitative estimate of drug-likeness (QED) is 0.202. The zero-order chi connectivity index (χ0) is 29.5. The molecule has 2 heterocycles. The normalized spacial score (nSPS) is 12.4. The summed E-state index contributed by atoms with van der Waals surface area (Å²) in [4.78, 5) is 33.7. The van der Waals surface area contributed by atoms with E-state index in [9.17, 15) is 14.7 Å². The Morgan fingerprint density at radius 1 is 1.00 bits per heavy atom. The van der Waals surface area contributed by atoms with E-state index in [0.29, 0.717) is 21.8 Å². The van der Waals surface area contributed by atoms with Gasteiger partial charge < -0.3 is 15.6 Å². The van der Waals surface area contributed by atoms with Gasteiger partial charge in [0.2, 0.25) is 5.91 Å². The Hall–Kier alpha value is -4.11. The minimum Gasteiger partial charge on any atom is -0.479 e. The molecule has 7 nitrogen and oxygen atoms in total. The Kier molecular flexibility index (Phi) is 7.66. The highest BCUT2D eigenvalue weighted by Gasteiger charge is 2.32.